The van der Waals surface area contributed by atoms with Crippen molar-refractivity contribution in [3.8, 4) is 11.3 Å². The van der Waals surface area contributed by atoms with Crippen molar-refractivity contribution >= 4 is 28.4 Å². The van der Waals surface area contributed by atoms with Crippen LogP contribution < -0.4 is 5.32 Å². The fourth-order valence-electron chi connectivity index (χ4n) is 3.34. The van der Waals surface area contributed by atoms with Gasteiger partial charge in [0.15, 0.2) is 0 Å². The number of H-pyrrole nitrogens is 1. The average molecular weight is 455 g/mol. The molecule has 0 aliphatic heterocycles. The Morgan fingerprint density at radius 1 is 1.18 bits per heavy atom. The van der Waals surface area contributed by atoms with Gasteiger partial charge < -0.3 is 10.3 Å². The van der Waals surface area contributed by atoms with Gasteiger partial charge in [-0.25, -0.2) is 9.37 Å². The van der Waals surface area contributed by atoms with Gasteiger partial charge in [-0.15, -0.1) is 0 Å². The zero-order valence-corrected chi connectivity index (χ0v) is 21.4. The molecule has 3 aromatic rings. The lowest BCUT2D eigenvalue weighted by Crippen LogP contribution is -2.31. The molecule has 1 atom stereocenters. The third kappa shape index (κ3) is 7.62. The van der Waals surface area contributed by atoms with Crippen molar-refractivity contribution in [1.29, 1.82) is 0 Å². The third-order valence-electron chi connectivity index (χ3n) is 5.01. The molecule has 2 N–H and O–H groups in total. The lowest BCUT2D eigenvalue weighted by atomic mass is 9.97. The first kappa shape index (κ1) is 26.4. The number of hydrogen-bond acceptors (Lipinski definition) is 5. The number of alkyl halides is 1. The van der Waals surface area contributed by atoms with Crippen LogP contribution in [0.25, 0.3) is 22.3 Å². The van der Waals surface area contributed by atoms with Gasteiger partial charge in [0.25, 0.3) is 0 Å². The van der Waals surface area contributed by atoms with Crippen LogP contribution in [0.1, 0.15) is 73.4 Å². The van der Waals surface area contributed by atoms with E-state index in [1.165, 1.54) is 0 Å². The smallest absolute Gasteiger partial charge is 0.224 e. The van der Waals surface area contributed by atoms with Gasteiger partial charge in [-0.1, -0.05) is 41.0 Å². The largest absolute Gasteiger partial charge is 0.351 e. The van der Waals surface area contributed by atoms with E-state index in [2.05, 4.69) is 46.0 Å². The molecular formula is C26H39FN6. The second-order valence-corrected chi connectivity index (χ2v) is 9.36. The van der Waals surface area contributed by atoms with Crippen molar-refractivity contribution in [3.05, 3.63) is 30.2 Å². The molecule has 6 nitrogen and oxygen atoms in total. The molecule has 0 saturated carbocycles. The van der Waals surface area contributed by atoms with Crippen LogP contribution in [0.15, 0.2) is 29.5 Å². The van der Waals surface area contributed by atoms with Crippen molar-refractivity contribution < 1.29 is 4.39 Å². The Morgan fingerprint density at radius 2 is 1.88 bits per heavy atom. The maximum Gasteiger partial charge on any atom is 0.224 e. The number of pyridine rings is 1. The number of aromatic nitrogens is 4. The zero-order chi connectivity index (χ0) is 24.6. The molecule has 0 fully saturated rings. The number of aliphatic imine (C=N–C) groups is 1. The maximum absolute atomic E-state index is 14.8. The number of nitrogens with one attached hydrogen (secondary N) is 2. The van der Waals surface area contributed by atoms with Gasteiger partial charge >= 0.3 is 0 Å². The van der Waals surface area contributed by atoms with Crippen molar-refractivity contribution in [2.75, 3.05) is 11.9 Å². The number of aryl methyl sites for hydroxylation is 1. The minimum atomic E-state index is -1.24. The molecule has 0 aromatic carbocycles. The number of aromatic amines is 1. The standard InChI is InChI=1S/C22H29FN6.C4H10/c1-6-10-22(23,7-2)13-26-21-25-12-17-16(11-24-20(17)29-21)19-9-8-18(15(5)28-19)27-14(3)4;1-4(2)3/h8-9,11-12H,6-7,10,13H2,1-5H3,(H2,24,25,26,29);4H,1-3H3. The summed E-state index contributed by atoms with van der Waals surface area (Å²) in [6.45, 7) is 16.4. The quantitative estimate of drug-likeness (QED) is 0.347. The second-order valence-electron chi connectivity index (χ2n) is 9.36. The van der Waals surface area contributed by atoms with Crippen LogP contribution in [0.3, 0.4) is 0 Å². The summed E-state index contributed by atoms with van der Waals surface area (Å²) >= 11 is 0. The molecule has 3 heterocycles. The molecule has 0 aliphatic rings. The number of nitrogens with zero attached hydrogens (tertiary/aromatic N) is 4. The summed E-state index contributed by atoms with van der Waals surface area (Å²) in [6, 6.07) is 3.92. The van der Waals surface area contributed by atoms with Crippen LogP contribution in [-0.2, 0) is 0 Å². The van der Waals surface area contributed by atoms with Crippen molar-refractivity contribution in [1.82, 2.24) is 19.9 Å². The fourth-order valence-corrected chi connectivity index (χ4v) is 3.34. The summed E-state index contributed by atoms with van der Waals surface area (Å²) in [4.78, 5) is 21.3. The minimum Gasteiger partial charge on any atom is -0.351 e. The van der Waals surface area contributed by atoms with Crippen molar-refractivity contribution in [3.63, 3.8) is 0 Å². The van der Waals surface area contributed by atoms with Crippen LogP contribution in [0, 0.1) is 12.8 Å². The van der Waals surface area contributed by atoms with E-state index in [1.807, 2.05) is 52.9 Å². The topological polar surface area (TPSA) is 78.9 Å². The first-order chi connectivity index (χ1) is 15.6. The van der Waals surface area contributed by atoms with Crippen LogP contribution in [-0.4, -0.2) is 37.9 Å². The highest BCUT2D eigenvalue weighted by Crippen LogP contribution is 2.29. The van der Waals surface area contributed by atoms with Crippen LogP contribution in [0.2, 0.25) is 0 Å². The molecule has 0 bridgehead atoms. The molecule has 0 spiro atoms. The summed E-state index contributed by atoms with van der Waals surface area (Å²) in [7, 11) is 0. The van der Waals surface area contributed by atoms with Gasteiger partial charge in [0.2, 0.25) is 5.95 Å². The van der Waals surface area contributed by atoms with Crippen molar-refractivity contribution in [2.24, 2.45) is 10.9 Å². The Labute approximate surface area is 197 Å². The van der Waals surface area contributed by atoms with Gasteiger partial charge in [-0.3, -0.25) is 9.98 Å². The second kappa shape index (κ2) is 11.9. The van der Waals surface area contributed by atoms with Gasteiger partial charge in [-0.05, 0) is 51.7 Å². The summed E-state index contributed by atoms with van der Waals surface area (Å²) < 4.78 is 14.8. The lowest BCUT2D eigenvalue weighted by molar-refractivity contribution is 0.158. The van der Waals surface area contributed by atoms with Crippen LogP contribution >= 0.6 is 0 Å². The SMILES string of the molecule is CC(C)C.CCCC(F)(CC)CNc1ncc2c(-c3ccc(N=C(C)C)c(C)n3)c[nH]c2n1. The first-order valence-corrected chi connectivity index (χ1v) is 11.8. The number of rotatable bonds is 8. The molecule has 1 unspecified atom stereocenters. The van der Waals surface area contributed by atoms with E-state index in [-0.39, 0.29) is 6.54 Å². The van der Waals surface area contributed by atoms with E-state index in [9.17, 15) is 4.39 Å². The molecule has 0 aliphatic carbocycles. The summed E-state index contributed by atoms with van der Waals surface area (Å²) in [5.41, 5.74) is 3.94. The Morgan fingerprint density at radius 3 is 2.45 bits per heavy atom. The van der Waals surface area contributed by atoms with E-state index in [4.69, 9.17) is 4.98 Å². The lowest BCUT2D eigenvalue weighted by Gasteiger charge is -2.23. The van der Waals surface area contributed by atoms with E-state index in [1.54, 1.807) is 6.20 Å². The number of fused-ring (bicyclic) bond motifs is 1. The molecule has 3 aromatic heterocycles. The molecule has 33 heavy (non-hydrogen) atoms. The maximum atomic E-state index is 14.8. The number of halogens is 1. The molecule has 0 radical (unpaired) electrons. The first-order valence-electron chi connectivity index (χ1n) is 11.8. The average Bonchev–Trinajstić information content (AvgIpc) is 3.16. The Bertz CT molecular complexity index is 1070. The summed E-state index contributed by atoms with van der Waals surface area (Å²) in [5, 5.41) is 3.93. The van der Waals surface area contributed by atoms with Crippen LogP contribution in [0.5, 0.6) is 0 Å². The van der Waals surface area contributed by atoms with Gasteiger partial charge in [0, 0.05) is 29.1 Å². The molecule has 0 amide bonds. The normalized spacial score (nSPS) is 12.8. The van der Waals surface area contributed by atoms with Crippen molar-refractivity contribution in [2.45, 2.75) is 80.3 Å². The monoisotopic (exact) mass is 454 g/mol. The summed E-state index contributed by atoms with van der Waals surface area (Å²) in [6.07, 6.45) is 5.42. The number of anilines is 1. The Balaban J connectivity index is 0.000000890. The minimum absolute atomic E-state index is 0.204. The Hall–Kier alpha value is -2.83. The highest BCUT2D eigenvalue weighted by atomic mass is 19.1. The zero-order valence-electron chi connectivity index (χ0n) is 21.4. The molecule has 3 rings (SSSR count). The molecule has 0 saturated heterocycles. The van der Waals surface area contributed by atoms with E-state index in [0.717, 1.165) is 46.1 Å². The summed E-state index contributed by atoms with van der Waals surface area (Å²) in [5.74, 6) is 1.25. The van der Waals surface area contributed by atoms with Crippen LogP contribution in [0.4, 0.5) is 16.0 Å². The van der Waals surface area contributed by atoms with Gasteiger partial charge in [0.05, 0.1) is 23.6 Å². The highest BCUT2D eigenvalue weighted by molar-refractivity contribution is 5.92. The predicted octanol–water partition coefficient (Wildman–Crippen LogP) is 7.43. The third-order valence-corrected chi connectivity index (χ3v) is 5.01. The molecular weight excluding hydrogens is 415 g/mol. The van der Waals surface area contributed by atoms with Gasteiger partial charge in [0.1, 0.15) is 11.3 Å². The predicted molar refractivity (Wildman–Crippen MR) is 138 cm³/mol. The molecule has 180 valence electrons. The Kier molecular flexibility index (Phi) is 9.50. The number of hydrogen-bond donors (Lipinski definition) is 2. The van der Waals surface area contributed by atoms with Gasteiger partial charge in [-0.2, -0.15) is 4.98 Å². The van der Waals surface area contributed by atoms with E-state index >= 15 is 0 Å². The highest BCUT2D eigenvalue weighted by Gasteiger charge is 2.26. The van der Waals surface area contributed by atoms with E-state index in [0.29, 0.717) is 24.4 Å². The molecule has 7 heteroatoms. The fraction of sp³-hybridized carbons (Fsp3) is 0.538. The van der Waals surface area contributed by atoms with E-state index < -0.39 is 5.67 Å².